The number of nitrogens with zero attached hydrogens (tertiary/aromatic N) is 2. The van der Waals surface area contributed by atoms with Gasteiger partial charge in [-0.15, -0.1) is 24.0 Å². The van der Waals surface area contributed by atoms with Gasteiger partial charge >= 0.3 is 0 Å². The number of benzene rings is 2. The Balaban J connectivity index is 0.00000320. The van der Waals surface area contributed by atoms with Crippen molar-refractivity contribution in [1.29, 1.82) is 0 Å². The molecule has 3 N–H and O–H groups in total. The normalized spacial score (nSPS) is 10.8. The molecule has 160 valence electrons. The summed E-state index contributed by atoms with van der Waals surface area (Å²) in [6.45, 7) is 2.06. The van der Waals surface area contributed by atoms with Gasteiger partial charge in [-0.05, 0) is 35.9 Å². The molecule has 0 saturated heterocycles. The van der Waals surface area contributed by atoms with E-state index in [0.717, 1.165) is 34.8 Å². The molecule has 3 rings (SSSR count). The quantitative estimate of drug-likeness (QED) is 0.182. The first-order chi connectivity index (χ1) is 14.2. The Morgan fingerprint density at radius 3 is 2.50 bits per heavy atom. The van der Waals surface area contributed by atoms with Crippen LogP contribution in [0.5, 0.6) is 11.5 Å². The van der Waals surface area contributed by atoms with Crippen molar-refractivity contribution >= 4 is 46.7 Å². The lowest BCUT2D eigenvalue weighted by Gasteiger charge is -2.14. The van der Waals surface area contributed by atoms with Crippen molar-refractivity contribution in [2.45, 2.75) is 6.54 Å². The van der Waals surface area contributed by atoms with Gasteiger partial charge in [0.05, 0.1) is 19.7 Å². The third-order valence-electron chi connectivity index (χ3n) is 4.45. The summed E-state index contributed by atoms with van der Waals surface area (Å²) >= 11 is 0. The fourth-order valence-electron chi connectivity index (χ4n) is 2.93. The predicted molar refractivity (Wildman–Crippen MR) is 133 cm³/mol. The molecule has 8 heteroatoms. The van der Waals surface area contributed by atoms with E-state index in [9.17, 15) is 0 Å². The number of pyridine rings is 1. The lowest BCUT2D eigenvalue weighted by Crippen LogP contribution is -2.39. The Kier molecular flexibility index (Phi) is 9.46. The van der Waals surface area contributed by atoms with Gasteiger partial charge < -0.3 is 25.4 Å². The van der Waals surface area contributed by atoms with Crippen LogP contribution in [0.1, 0.15) is 5.56 Å². The van der Waals surface area contributed by atoms with Crippen LogP contribution in [0.15, 0.2) is 59.6 Å². The summed E-state index contributed by atoms with van der Waals surface area (Å²) < 4.78 is 10.6. The van der Waals surface area contributed by atoms with Gasteiger partial charge in [0.15, 0.2) is 17.5 Å². The average molecular weight is 521 g/mol. The van der Waals surface area contributed by atoms with E-state index < -0.39 is 0 Å². The SMILES string of the molecule is CN=C(NCCNc1ccc2ccccc2n1)NCc1ccc(OC)c(OC)c1.I. The van der Waals surface area contributed by atoms with E-state index in [0.29, 0.717) is 24.6 Å². The zero-order valence-corrected chi connectivity index (χ0v) is 19.8. The van der Waals surface area contributed by atoms with Gasteiger partial charge in [-0.25, -0.2) is 4.98 Å². The smallest absolute Gasteiger partial charge is 0.191 e. The number of guanidine groups is 1. The molecule has 0 aliphatic rings. The second-order valence-corrected chi connectivity index (χ2v) is 6.36. The van der Waals surface area contributed by atoms with Crippen molar-refractivity contribution in [3.05, 3.63) is 60.2 Å². The molecule has 0 atom stereocenters. The molecule has 0 unspecified atom stereocenters. The molecular weight excluding hydrogens is 493 g/mol. The van der Waals surface area contributed by atoms with Gasteiger partial charge in [0.1, 0.15) is 5.82 Å². The second kappa shape index (κ2) is 12.1. The molecule has 1 heterocycles. The average Bonchev–Trinajstić information content (AvgIpc) is 2.78. The summed E-state index contributed by atoms with van der Waals surface area (Å²) in [5.41, 5.74) is 2.06. The molecule has 7 nitrogen and oxygen atoms in total. The number of halogens is 1. The van der Waals surface area contributed by atoms with Gasteiger partial charge in [-0.3, -0.25) is 4.99 Å². The summed E-state index contributed by atoms with van der Waals surface area (Å²) in [6.07, 6.45) is 0. The molecule has 30 heavy (non-hydrogen) atoms. The van der Waals surface area contributed by atoms with Crippen LogP contribution in [0.4, 0.5) is 5.82 Å². The summed E-state index contributed by atoms with van der Waals surface area (Å²) in [5.74, 6) is 3.01. The highest BCUT2D eigenvalue weighted by molar-refractivity contribution is 14.0. The minimum absolute atomic E-state index is 0. The number of rotatable bonds is 8. The number of aromatic nitrogens is 1. The highest BCUT2D eigenvalue weighted by atomic mass is 127. The molecule has 0 amide bonds. The maximum Gasteiger partial charge on any atom is 0.191 e. The Labute approximate surface area is 194 Å². The maximum absolute atomic E-state index is 5.35. The molecule has 0 radical (unpaired) electrons. The Hall–Kier alpha value is -2.75. The highest BCUT2D eigenvalue weighted by Crippen LogP contribution is 2.27. The van der Waals surface area contributed by atoms with E-state index in [-0.39, 0.29) is 24.0 Å². The van der Waals surface area contributed by atoms with Crippen LogP contribution in [-0.4, -0.2) is 45.3 Å². The Morgan fingerprint density at radius 2 is 1.73 bits per heavy atom. The highest BCUT2D eigenvalue weighted by Gasteiger charge is 2.05. The van der Waals surface area contributed by atoms with Gasteiger partial charge in [0, 0.05) is 32.1 Å². The first-order valence-electron chi connectivity index (χ1n) is 9.48. The zero-order chi connectivity index (χ0) is 20.5. The number of nitrogens with one attached hydrogen (secondary N) is 3. The Bertz CT molecular complexity index is 981. The van der Waals surface area contributed by atoms with Crippen molar-refractivity contribution < 1.29 is 9.47 Å². The Morgan fingerprint density at radius 1 is 0.933 bits per heavy atom. The number of hydrogen-bond acceptors (Lipinski definition) is 5. The van der Waals surface area contributed by atoms with Crippen molar-refractivity contribution in [1.82, 2.24) is 15.6 Å². The molecule has 0 bridgehead atoms. The minimum atomic E-state index is 0. The summed E-state index contributed by atoms with van der Waals surface area (Å²) in [5, 5.41) is 11.1. The van der Waals surface area contributed by atoms with E-state index >= 15 is 0 Å². The lowest BCUT2D eigenvalue weighted by molar-refractivity contribution is 0.354. The van der Waals surface area contributed by atoms with E-state index in [1.807, 2.05) is 42.5 Å². The molecule has 3 aromatic rings. The third-order valence-corrected chi connectivity index (χ3v) is 4.45. The van der Waals surface area contributed by atoms with Crippen molar-refractivity contribution in [3.63, 3.8) is 0 Å². The van der Waals surface area contributed by atoms with Gasteiger partial charge in [-0.2, -0.15) is 0 Å². The number of aliphatic imine (C=N–C) groups is 1. The topological polar surface area (TPSA) is 79.8 Å². The third kappa shape index (κ3) is 6.38. The van der Waals surface area contributed by atoms with Crippen LogP contribution in [0.2, 0.25) is 0 Å². The van der Waals surface area contributed by atoms with Crippen molar-refractivity contribution in [2.75, 3.05) is 39.7 Å². The van der Waals surface area contributed by atoms with Crippen LogP contribution in [-0.2, 0) is 6.54 Å². The van der Waals surface area contributed by atoms with E-state index in [1.165, 1.54) is 0 Å². The standard InChI is InChI=1S/C22H27N5O2.HI/c1-23-22(26-15-16-8-10-19(28-2)20(14-16)29-3)25-13-12-24-21-11-9-17-6-4-5-7-18(17)27-21;/h4-11,14H,12-13,15H2,1-3H3,(H,24,27)(H2,23,25,26);1H. The van der Waals surface area contributed by atoms with E-state index in [1.54, 1.807) is 21.3 Å². The first-order valence-corrected chi connectivity index (χ1v) is 9.48. The van der Waals surface area contributed by atoms with E-state index in [4.69, 9.17) is 9.47 Å². The van der Waals surface area contributed by atoms with Crippen LogP contribution in [0.25, 0.3) is 10.9 Å². The summed E-state index contributed by atoms with van der Waals surface area (Å²) in [6, 6.07) is 18.0. The van der Waals surface area contributed by atoms with E-state index in [2.05, 4.69) is 38.1 Å². The van der Waals surface area contributed by atoms with Crippen molar-refractivity contribution in [3.8, 4) is 11.5 Å². The molecule has 1 aromatic heterocycles. The molecule has 0 fully saturated rings. The summed E-state index contributed by atoms with van der Waals surface area (Å²) in [7, 11) is 5.01. The number of para-hydroxylation sites is 1. The lowest BCUT2D eigenvalue weighted by atomic mass is 10.2. The fourth-order valence-corrected chi connectivity index (χ4v) is 2.93. The van der Waals surface area contributed by atoms with Gasteiger partial charge in [-0.1, -0.05) is 24.3 Å². The summed E-state index contributed by atoms with van der Waals surface area (Å²) in [4.78, 5) is 8.87. The van der Waals surface area contributed by atoms with Gasteiger partial charge in [0.25, 0.3) is 0 Å². The first kappa shape index (κ1) is 23.5. The largest absolute Gasteiger partial charge is 0.493 e. The van der Waals surface area contributed by atoms with Crippen LogP contribution < -0.4 is 25.4 Å². The number of hydrogen-bond donors (Lipinski definition) is 3. The molecule has 2 aromatic carbocycles. The molecular formula is C22H28IN5O2. The predicted octanol–water partition coefficient (Wildman–Crippen LogP) is 3.65. The zero-order valence-electron chi connectivity index (χ0n) is 17.4. The molecule has 0 saturated carbocycles. The number of ether oxygens (including phenoxy) is 2. The number of fused-ring (bicyclic) bond motifs is 1. The monoisotopic (exact) mass is 521 g/mol. The molecule has 0 aliphatic carbocycles. The fraction of sp³-hybridized carbons (Fsp3) is 0.273. The molecule has 0 aliphatic heterocycles. The number of anilines is 1. The van der Waals surface area contributed by atoms with Gasteiger partial charge in [0.2, 0.25) is 0 Å². The van der Waals surface area contributed by atoms with Crippen LogP contribution in [0, 0.1) is 0 Å². The number of methoxy groups -OCH3 is 2. The van der Waals surface area contributed by atoms with Crippen molar-refractivity contribution in [2.24, 2.45) is 4.99 Å². The second-order valence-electron chi connectivity index (χ2n) is 6.36. The maximum atomic E-state index is 5.35. The molecule has 0 spiro atoms. The van der Waals surface area contributed by atoms with Crippen LogP contribution >= 0.6 is 24.0 Å². The minimum Gasteiger partial charge on any atom is -0.493 e. The van der Waals surface area contributed by atoms with Crippen LogP contribution in [0.3, 0.4) is 0 Å².